The molecule has 142 valence electrons. The molecule has 7 nitrogen and oxygen atoms in total. The van der Waals surface area contributed by atoms with Crippen LogP contribution in [0.4, 0.5) is 0 Å². The van der Waals surface area contributed by atoms with Gasteiger partial charge in [0.25, 0.3) is 0 Å². The summed E-state index contributed by atoms with van der Waals surface area (Å²) in [6.45, 7) is 7.08. The SMILES string of the molecule is CC(=C[C@H](C(C)C)N(C)C(=O)CNC(=O)C1CCN(C)CC1)C(=O)O. The Labute approximate surface area is 150 Å². The molecule has 2 amide bonds. The molecule has 1 fully saturated rings. The van der Waals surface area contributed by atoms with E-state index in [1.165, 1.54) is 11.8 Å². The Kier molecular flexibility index (Phi) is 8.09. The maximum absolute atomic E-state index is 12.4. The minimum absolute atomic E-state index is 0.0376. The summed E-state index contributed by atoms with van der Waals surface area (Å²) in [6, 6.07) is -0.330. The van der Waals surface area contributed by atoms with Crippen LogP contribution in [-0.4, -0.2) is 72.5 Å². The quantitative estimate of drug-likeness (QED) is 0.666. The number of carboxylic acids is 1. The number of amides is 2. The molecule has 1 aliphatic heterocycles. The first-order chi connectivity index (χ1) is 11.6. The van der Waals surface area contributed by atoms with Gasteiger partial charge in [0.05, 0.1) is 12.6 Å². The second-order valence-electron chi connectivity index (χ2n) is 7.19. The van der Waals surface area contributed by atoms with Crippen molar-refractivity contribution in [1.82, 2.24) is 15.1 Å². The summed E-state index contributed by atoms with van der Waals surface area (Å²) >= 11 is 0. The van der Waals surface area contributed by atoms with Gasteiger partial charge in [-0.25, -0.2) is 4.79 Å². The smallest absolute Gasteiger partial charge is 0.331 e. The van der Waals surface area contributed by atoms with E-state index in [-0.39, 0.29) is 41.8 Å². The Balaban J connectivity index is 2.60. The summed E-state index contributed by atoms with van der Waals surface area (Å²) in [5.74, 6) is -1.28. The number of likely N-dealkylation sites (N-methyl/N-ethyl adjacent to an activating group) is 1. The molecule has 0 saturated carbocycles. The summed E-state index contributed by atoms with van der Waals surface area (Å²) in [5.41, 5.74) is 0.203. The van der Waals surface area contributed by atoms with Crippen LogP contribution in [0.5, 0.6) is 0 Å². The molecule has 1 saturated heterocycles. The zero-order valence-corrected chi connectivity index (χ0v) is 15.9. The van der Waals surface area contributed by atoms with E-state index in [1.807, 2.05) is 20.9 Å². The molecule has 0 aromatic carbocycles. The highest BCUT2D eigenvalue weighted by Gasteiger charge is 2.26. The second kappa shape index (κ2) is 9.56. The maximum atomic E-state index is 12.4. The number of rotatable bonds is 7. The first-order valence-corrected chi connectivity index (χ1v) is 8.77. The Bertz CT molecular complexity index is 522. The number of piperidine rings is 1. The van der Waals surface area contributed by atoms with Crippen LogP contribution in [0.25, 0.3) is 0 Å². The molecule has 0 bridgehead atoms. The highest BCUT2D eigenvalue weighted by Crippen LogP contribution is 2.16. The lowest BCUT2D eigenvalue weighted by molar-refractivity contribution is -0.135. The zero-order chi connectivity index (χ0) is 19.1. The maximum Gasteiger partial charge on any atom is 0.331 e. The van der Waals surface area contributed by atoms with Crippen molar-refractivity contribution in [3.63, 3.8) is 0 Å². The molecule has 1 aliphatic rings. The van der Waals surface area contributed by atoms with Crippen molar-refractivity contribution in [2.45, 2.75) is 39.7 Å². The Hall–Kier alpha value is -1.89. The first-order valence-electron chi connectivity index (χ1n) is 8.77. The summed E-state index contributed by atoms with van der Waals surface area (Å²) in [4.78, 5) is 39.3. The van der Waals surface area contributed by atoms with Gasteiger partial charge in [-0.05, 0) is 45.8 Å². The third kappa shape index (κ3) is 6.49. The highest BCUT2D eigenvalue weighted by molar-refractivity contribution is 5.87. The molecule has 1 heterocycles. The Morgan fingerprint density at radius 2 is 1.84 bits per heavy atom. The van der Waals surface area contributed by atoms with E-state index in [4.69, 9.17) is 5.11 Å². The third-order valence-electron chi connectivity index (χ3n) is 4.78. The predicted octanol–water partition coefficient (Wildman–Crippen LogP) is 0.958. The molecule has 0 unspecified atom stereocenters. The Morgan fingerprint density at radius 1 is 1.28 bits per heavy atom. The van der Waals surface area contributed by atoms with Crippen molar-refractivity contribution in [1.29, 1.82) is 0 Å². The van der Waals surface area contributed by atoms with E-state index in [9.17, 15) is 14.4 Å². The van der Waals surface area contributed by atoms with Gasteiger partial charge in [0.1, 0.15) is 0 Å². The van der Waals surface area contributed by atoms with E-state index in [1.54, 1.807) is 13.1 Å². The summed E-state index contributed by atoms with van der Waals surface area (Å²) in [7, 11) is 3.67. The topological polar surface area (TPSA) is 90.0 Å². The van der Waals surface area contributed by atoms with Crippen LogP contribution in [-0.2, 0) is 14.4 Å². The molecule has 0 aliphatic carbocycles. The van der Waals surface area contributed by atoms with Gasteiger partial charge >= 0.3 is 5.97 Å². The number of likely N-dealkylation sites (tertiary alicyclic amines) is 1. The standard InChI is InChI=1S/C18H31N3O4/c1-12(2)15(10-13(3)18(24)25)21(5)16(22)11-19-17(23)14-6-8-20(4)9-7-14/h10,12,14-15H,6-9,11H2,1-5H3,(H,19,23)(H,24,25)/t15-/m1/s1. The summed E-state index contributed by atoms with van der Waals surface area (Å²) < 4.78 is 0. The van der Waals surface area contributed by atoms with E-state index < -0.39 is 5.97 Å². The van der Waals surface area contributed by atoms with Crippen molar-refractivity contribution < 1.29 is 19.5 Å². The lowest BCUT2D eigenvalue weighted by atomic mass is 9.96. The van der Waals surface area contributed by atoms with Gasteiger partial charge in [-0.15, -0.1) is 0 Å². The minimum atomic E-state index is -0.998. The monoisotopic (exact) mass is 353 g/mol. The average Bonchev–Trinajstić information content (AvgIpc) is 2.56. The van der Waals surface area contributed by atoms with E-state index in [0.717, 1.165) is 25.9 Å². The number of nitrogens with zero attached hydrogens (tertiary/aromatic N) is 2. The van der Waals surface area contributed by atoms with Crippen LogP contribution in [0.2, 0.25) is 0 Å². The fraction of sp³-hybridized carbons (Fsp3) is 0.722. The van der Waals surface area contributed by atoms with Crippen LogP contribution in [0.3, 0.4) is 0 Å². The average molecular weight is 353 g/mol. The first kappa shape index (κ1) is 21.2. The molecular formula is C18H31N3O4. The van der Waals surface area contributed by atoms with E-state index in [2.05, 4.69) is 10.2 Å². The fourth-order valence-electron chi connectivity index (χ4n) is 2.95. The number of aliphatic carboxylic acids is 1. The highest BCUT2D eigenvalue weighted by atomic mass is 16.4. The molecule has 0 spiro atoms. The van der Waals surface area contributed by atoms with Crippen molar-refractivity contribution in [2.75, 3.05) is 33.7 Å². The predicted molar refractivity (Wildman–Crippen MR) is 96.0 cm³/mol. The number of hydrogen-bond donors (Lipinski definition) is 2. The molecule has 0 radical (unpaired) electrons. The molecule has 0 aromatic rings. The van der Waals surface area contributed by atoms with Crippen LogP contribution in [0, 0.1) is 11.8 Å². The van der Waals surface area contributed by atoms with Gasteiger partial charge in [0.2, 0.25) is 11.8 Å². The summed E-state index contributed by atoms with van der Waals surface area (Å²) in [5, 5.41) is 11.8. The fourth-order valence-corrected chi connectivity index (χ4v) is 2.95. The number of hydrogen-bond acceptors (Lipinski definition) is 4. The molecule has 1 atom stereocenters. The lowest BCUT2D eigenvalue weighted by Gasteiger charge is -2.30. The van der Waals surface area contributed by atoms with Gasteiger partial charge in [-0.1, -0.05) is 19.9 Å². The van der Waals surface area contributed by atoms with Gasteiger partial charge in [-0.2, -0.15) is 0 Å². The van der Waals surface area contributed by atoms with Gasteiger partial charge in [0, 0.05) is 18.5 Å². The van der Waals surface area contributed by atoms with E-state index in [0.29, 0.717) is 0 Å². The van der Waals surface area contributed by atoms with Gasteiger partial charge in [0.15, 0.2) is 0 Å². The molecule has 25 heavy (non-hydrogen) atoms. The zero-order valence-electron chi connectivity index (χ0n) is 15.9. The largest absolute Gasteiger partial charge is 0.478 e. The van der Waals surface area contributed by atoms with Crippen molar-refractivity contribution in [3.05, 3.63) is 11.6 Å². The van der Waals surface area contributed by atoms with Crippen molar-refractivity contribution in [2.24, 2.45) is 11.8 Å². The molecule has 2 N–H and O–H groups in total. The molecule has 1 rings (SSSR count). The molecule has 7 heteroatoms. The summed E-state index contributed by atoms with van der Waals surface area (Å²) in [6.07, 6.45) is 3.20. The minimum Gasteiger partial charge on any atom is -0.478 e. The van der Waals surface area contributed by atoms with Crippen molar-refractivity contribution in [3.8, 4) is 0 Å². The van der Waals surface area contributed by atoms with Crippen LogP contribution in [0.1, 0.15) is 33.6 Å². The number of carboxylic acid groups (broad SMARTS) is 1. The number of nitrogens with one attached hydrogen (secondary N) is 1. The van der Waals surface area contributed by atoms with Crippen molar-refractivity contribution >= 4 is 17.8 Å². The van der Waals surface area contributed by atoms with Crippen LogP contribution >= 0.6 is 0 Å². The lowest BCUT2D eigenvalue weighted by Crippen LogP contribution is -2.46. The molecular weight excluding hydrogens is 322 g/mol. The second-order valence-corrected chi connectivity index (χ2v) is 7.19. The normalized spacial score (nSPS) is 18.1. The number of carbonyl (C=O) groups excluding carboxylic acids is 2. The van der Waals surface area contributed by atoms with Gasteiger partial charge < -0.3 is 20.2 Å². The van der Waals surface area contributed by atoms with Gasteiger partial charge in [-0.3, -0.25) is 9.59 Å². The molecule has 0 aromatic heterocycles. The van der Waals surface area contributed by atoms with E-state index >= 15 is 0 Å². The van der Waals surface area contributed by atoms with Crippen LogP contribution in [0.15, 0.2) is 11.6 Å². The third-order valence-corrected chi connectivity index (χ3v) is 4.78. The Morgan fingerprint density at radius 3 is 2.32 bits per heavy atom. The van der Waals surface area contributed by atoms with Crippen LogP contribution < -0.4 is 5.32 Å². The number of carbonyl (C=O) groups is 3.